The smallest absolute Gasteiger partial charge is 1.00 e. The van der Waals surface area contributed by atoms with E-state index in [1.165, 1.54) is 26.3 Å². The first-order chi connectivity index (χ1) is 7.63. The van der Waals surface area contributed by atoms with Crippen molar-refractivity contribution in [3.05, 3.63) is 48.8 Å². The molecule has 1 amide bonds. The van der Waals surface area contributed by atoms with Gasteiger partial charge >= 0.3 is 23.1 Å². The van der Waals surface area contributed by atoms with Crippen LogP contribution < -0.4 is 12.4 Å². The Balaban J connectivity index is -0.000000534. The van der Waals surface area contributed by atoms with Crippen molar-refractivity contribution in [3.63, 3.8) is 0 Å². The van der Waals surface area contributed by atoms with Crippen LogP contribution >= 0.6 is 0 Å². The number of nitrogens with zero attached hydrogens (tertiary/aromatic N) is 1. The number of carbonyl (C=O) groups is 1. The zero-order valence-electron chi connectivity index (χ0n) is 10.5. The number of carbonyl (C=O) groups excluding carboxylic acids is 1. The van der Waals surface area contributed by atoms with Gasteiger partial charge in [0.25, 0.3) is 0 Å². The minimum atomic E-state index is -0.304. The van der Waals surface area contributed by atoms with E-state index in [4.69, 9.17) is 4.84 Å². The van der Waals surface area contributed by atoms with Crippen molar-refractivity contribution >= 4 is 29.0 Å². The molecule has 6 heteroatoms. The maximum Gasteiger partial charge on any atom is 2.00 e. The normalized spacial score (nSPS) is 7.94. The molecule has 1 aromatic rings. The van der Waals surface area contributed by atoms with E-state index in [1.807, 2.05) is 0 Å². The van der Waals surface area contributed by atoms with E-state index < -0.39 is 0 Å². The average molecular weight is 284 g/mol. The number of likely N-dealkylation sites (N-methyl/N-ethyl adjacent to an activating group) is 1. The van der Waals surface area contributed by atoms with Crippen molar-refractivity contribution in [3.8, 4) is 0 Å². The molecule has 0 heterocycles. The number of halogens is 2. The molecule has 0 fully saturated rings. The predicted molar refractivity (Wildman–Crippen MR) is 65.6 cm³/mol. The van der Waals surface area contributed by atoms with E-state index in [1.54, 1.807) is 12.1 Å². The van der Waals surface area contributed by atoms with E-state index >= 15 is 0 Å². The molecule has 0 atom stereocenters. The van der Waals surface area contributed by atoms with Gasteiger partial charge in [0, 0.05) is 7.05 Å². The summed E-state index contributed by atoms with van der Waals surface area (Å²) in [5.74, 6) is -0.472. The second-order valence-electron chi connectivity index (χ2n) is 2.88. The Labute approximate surface area is 130 Å². The van der Waals surface area contributed by atoms with Crippen molar-refractivity contribution in [2.24, 2.45) is 0 Å². The SMILES string of the molecule is CON(C)C(=O)Cc1ccc(F)cc1.[CH-]=C.[Cl-].[Mg+2]. The standard InChI is InChI=1S/C10H12FNO2.C2H3.ClH.Mg/c1-12(14-2)10(13)7-8-3-5-9(11)6-4-8;1-2;;/h3-6H,7H2,1-2H3;1H,2H2;1H;/q;-1;;+2/p-1. The van der Waals surface area contributed by atoms with Gasteiger partial charge in [-0.1, -0.05) is 12.1 Å². The summed E-state index contributed by atoms with van der Waals surface area (Å²) < 4.78 is 12.5. The Bertz CT molecular complexity index is 335. The fraction of sp³-hybridized carbons (Fsp3) is 0.250. The van der Waals surface area contributed by atoms with Crippen molar-refractivity contribution in [2.75, 3.05) is 14.2 Å². The third-order valence-electron chi connectivity index (χ3n) is 1.89. The largest absolute Gasteiger partial charge is 2.00 e. The molecule has 96 valence electrons. The Hall–Kier alpha value is -0.624. The molecule has 1 aromatic carbocycles. The molecular formula is C12H15ClFMgNO2. The average Bonchev–Trinajstić information content (AvgIpc) is 2.33. The Kier molecular flexibility index (Phi) is 16.1. The molecule has 0 aliphatic rings. The van der Waals surface area contributed by atoms with Crippen molar-refractivity contribution in [2.45, 2.75) is 6.42 Å². The fourth-order valence-corrected chi connectivity index (χ4v) is 0.990. The molecule has 0 saturated carbocycles. The van der Waals surface area contributed by atoms with Gasteiger partial charge in [-0.15, -0.1) is 0 Å². The third kappa shape index (κ3) is 8.46. The van der Waals surface area contributed by atoms with Gasteiger partial charge in [0.05, 0.1) is 13.5 Å². The topological polar surface area (TPSA) is 29.5 Å². The summed E-state index contributed by atoms with van der Waals surface area (Å²) in [5, 5.41) is 1.14. The first kappa shape index (κ1) is 22.5. The summed E-state index contributed by atoms with van der Waals surface area (Å²) in [6, 6.07) is 5.82. The van der Waals surface area contributed by atoms with Crippen LogP contribution in [0, 0.1) is 12.4 Å². The molecule has 0 unspecified atom stereocenters. The number of benzene rings is 1. The number of hydroxylamine groups is 2. The zero-order chi connectivity index (χ0) is 12.6. The van der Waals surface area contributed by atoms with Crippen LogP contribution in [0.1, 0.15) is 5.56 Å². The van der Waals surface area contributed by atoms with Gasteiger partial charge in [0.1, 0.15) is 5.82 Å². The predicted octanol–water partition coefficient (Wildman–Crippen LogP) is -1.38. The number of rotatable bonds is 3. The molecular weight excluding hydrogens is 269 g/mol. The second kappa shape index (κ2) is 12.8. The van der Waals surface area contributed by atoms with Crippen LogP contribution in [0.25, 0.3) is 0 Å². The summed E-state index contributed by atoms with van der Waals surface area (Å²) in [6.45, 7) is 7.00. The Morgan fingerprint density at radius 1 is 1.39 bits per heavy atom. The van der Waals surface area contributed by atoms with E-state index in [-0.39, 0.29) is 53.6 Å². The summed E-state index contributed by atoms with van der Waals surface area (Å²) in [5.41, 5.74) is 0.764. The molecule has 0 N–H and O–H groups in total. The Morgan fingerprint density at radius 3 is 2.22 bits per heavy atom. The zero-order valence-corrected chi connectivity index (χ0v) is 12.7. The van der Waals surface area contributed by atoms with Crippen LogP contribution in [0.3, 0.4) is 0 Å². The van der Waals surface area contributed by atoms with E-state index in [0.29, 0.717) is 0 Å². The minimum Gasteiger partial charge on any atom is -1.00 e. The van der Waals surface area contributed by atoms with Crippen LogP contribution in [-0.4, -0.2) is 48.2 Å². The number of hydrogen-bond acceptors (Lipinski definition) is 2. The summed E-state index contributed by atoms with van der Waals surface area (Å²) in [6.07, 6.45) is 0.213. The van der Waals surface area contributed by atoms with Crippen LogP contribution in [0.15, 0.2) is 30.8 Å². The van der Waals surface area contributed by atoms with Gasteiger partial charge < -0.3 is 19.0 Å². The van der Waals surface area contributed by atoms with Crippen LogP contribution in [-0.2, 0) is 16.1 Å². The molecule has 3 nitrogen and oxygen atoms in total. The first-order valence-electron chi connectivity index (χ1n) is 4.59. The van der Waals surface area contributed by atoms with Gasteiger partial charge in [0.15, 0.2) is 0 Å². The van der Waals surface area contributed by atoms with Gasteiger partial charge in [0.2, 0.25) is 5.91 Å². The molecule has 0 bridgehead atoms. The molecule has 0 aliphatic carbocycles. The Morgan fingerprint density at radius 2 is 1.83 bits per heavy atom. The van der Waals surface area contributed by atoms with Crippen LogP contribution in [0.4, 0.5) is 4.39 Å². The summed E-state index contributed by atoms with van der Waals surface area (Å²) >= 11 is 0. The van der Waals surface area contributed by atoms with E-state index in [2.05, 4.69) is 13.2 Å². The van der Waals surface area contributed by atoms with Gasteiger partial charge in [-0.25, -0.2) is 9.45 Å². The summed E-state index contributed by atoms with van der Waals surface area (Å²) in [4.78, 5) is 16.1. The number of hydrogen-bond donors (Lipinski definition) is 0. The van der Waals surface area contributed by atoms with Crippen molar-refractivity contribution < 1.29 is 26.4 Å². The quantitative estimate of drug-likeness (QED) is 0.389. The van der Waals surface area contributed by atoms with Crippen molar-refractivity contribution in [1.29, 1.82) is 0 Å². The van der Waals surface area contributed by atoms with Gasteiger partial charge in [-0.05, 0) is 17.7 Å². The van der Waals surface area contributed by atoms with E-state index in [9.17, 15) is 9.18 Å². The molecule has 18 heavy (non-hydrogen) atoms. The van der Waals surface area contributed by atoms with Gasteiger partial charge in [-0.2, -0.15) is 0 Å². The van der Waals surface area contributed by atoms with Crippen LogP contribution in [0.2, 0.25) is 0 Å². The maximum absolute atomic E-state index is 12.5. The summed E-state index contributed by atoms with van der Waals surface area (Å²) in [7, 11) is 2.95. The van der Waals surface area contributed by atoms with Crippen molar-refractivity contribution in [1.82, 2.24) is 5.06 Å². The van der Waals surface area contributed by atoms with Crippen LogP contribution in [0.5, 0.6) is 0 Å². The monoisotopic (exact) mass is 283 g/mol. The number of amides is 1. The molecule has 1 rings (SSSR count). The molecule has 0 aliphatic heterocycles. The first-order valence-corrected chi connectivity index (χ1v) is 4.59. The fourth-order valence-electron chi connectivity index (χ4n) is 0.990. The van der Waals surface area contributed by atoms with Gasteiger partial charge in [-0.3, -0.25) is 16.2 Å². The molecule has 0 radical (unpaired) electrons. The molecule has 0 saturated heterocycles. The van der Waals surface area contributed by atoms with E-state index in [0.717, 1.165) is 10.6 Å². The third-order valence-corrected chi connectivity index (χ3v) is 1.89. The molecule has 0 aromatic heterocycles. The molecule has 0 spiro atoms. The maximum atomic E-state index is 12.5. The minimum absolute atomic E-state index is 0. The second-order valence-corrected chi connectivity index (χ2v) is 2.88.